The molecule has 11 heteroatoms. The van der Waals surface area contributed by atoms with Crippen LogP contribution in [0.15, 0.2) is 27.8 Å². The minimum Gasteiger partial charge on any atom is -0.411 e. The second-order valence-electron chi connectivity index (χ2n) is 9.29. The van der Waals surface area contributed by atoms with Crippen molar-refractivity contribution >= 4 is 28.3 Å². The number of anilines is 2. The lowest BCUT2D eigenvalue weighted by Crippen LogP contribution is -2.35. The largest absolute Gasteiger partial charge is 0.411 e. The van der Waals surface area contributed by atoms with Crippen molar-refractivity contribution in [3.05, 3.63) is 29.3 Å². The zero-order valence-corrected chi connectivity index (χ0v) is 18.7. The van der Waals surface area contributed by atoms with Crippen LogP contribution in [0.2, 0.25) is 0 Å². The van der Waals surface area contributed by atoms with Crippen molar-refractivity contribution in [2.24, 2.45) is 5.16 Å². The molecule has 3 aromatic rings. The summed E-state index contributed by atoms with van der Waals surface area (Å²) in [5.41, 5.74) is 3.50. The summed E-state index contributed by atoms with van der Waals surface area (Å²) < 4.78 is 43.9. The molecule has 0 spiro atoms. The van der Waals surface area contributed by atoms with Gasteiger partial charge >= 0.3 is 12.2 Å². The molecule has 4 rings (SSSR count). The summed E-state index contributed by atoms with van der Waals surface area (Å²) in [6, 6.07) is 5.47. The lowest BCUT2D eigenvalue weighted by Gasteiger charge is -2.26. The number of alkyl halides is 3. The Bertz CT molecular complexity index is 1210. The van der Waals surface area contributed by atoms with Gasteiger partial charge in [-0.1, -0.05) is 31.0 Å². The van der Waals surface area contributed by atoms with Crippen LogP contribution in [0.1, 0.15) is 44.7 Å². The van der Waals surface area contributed by atoms with Gasteiger partial charge in [0.15, 0.2) is 0 Å². The standard InChI is InChI=1S/C22H25F3N6O2/c1-11-5-17(19-29-30-20(33-19)27-13-6-14(7-13)31-32)28-18-15(11)8-12(26-10-22(23,24)25)9-16(18)21(2,3)4/h5,8-9,13,26,32H,6-7,10H2,1-4H3,(H,27,30). The van der Waals surface area contributed by atoms with Crippen LogP contribution < -0.4 is 10.6 Å². The molecule has 0 radical (unpaired) electrons. The Morgan fingerprint density at radius 3 is 2.52 bits per heavy atom. The number of fused-ring (bicyclic) bond motifs is 1. The van der Waals surface area contributed by atoms with Crippen molar-refractivity contribution in [3.63, 3.8) is 0 Å². The van der Waals surface area contributed by atoms with E-state index in [1.807, 2.05) is 27.7 Å². The molecule has 0 saturated heterocycles. The van der Waals surface area contributed by atoms with E-state index >= 15 is 0 Å². The molecule has 1 aliphatic carbocycles. The van der Waals surface area contributed by atoms with Crippen LogP contribution in [0, 0.1) is 6.92 Å². The van der Waals surface area contributed by atoms with Gasteiger partial charge in [-0.15, -0.1) is 5.10 Å². The number of halogens is 3. The van der Waals surface area contributed by atoms with Crippen molar-refractivity contribution in [2.75, 3.05) is 17.2 Å². The molecule has 0 unspecified atom stereocenters. The van der Waals surface area contributed by atoms with E-state index in [0.29, 0.717) is 35.5 Å². The average molecular weight is 462 g/mol. The van der Waals surface area contributed by atoms with Crippen LogP contribution in [-0.4, -0.2) is 44.9 Å². The Kier molecular flexibility index (Phi) is 5.67. The molecular weight excluding hydrogens is 437 g/mol. The van der Waals surface area contributed by atoms with E-state index in [1.165, 1.54) is 0 Å². The van der Waals surface area contributed by atoms with Crippen LogP contribution in [0.4, 0.5) is 24.9 Å². The Labute approximate surface area is 188 Å². The van der Waals surface area contributed by atoms with Crippen LogP contribution in [-0.2, 0) is 5.41 Å². The van der Waals surface area contributed by atoms with Crippen molar-refractivity contribution < 1.29 is 22.8 Å². The highest BCUT2D eigenvalue weighted by Crippen LogP contribution is 2.35. The second-order valence-corrected chi connectivity index (χ2v) is 9.29. The first-order valence-corrected chi connectivity index (χ1v) is 10.5. The zero-order valence-electron chi connectivity index (χ0n) is 18.7. The number of aromatic nitrogens is 3. The van der Waals surface area contributed by atoms with Crippen LogP contribution in [0.25, 0.3) is 22.5 Å². The van der Waals surface area contributed by atoms with E-state index in [0.717, 1.165) is 16.5 Å². The van der Waals surface area contributed by atoms with Crippen molar-refractivity contribution in [1.82, 2.24) is 15.2 Å². The summed E-state index contributed by atoms with van der Waals surface area (Å²) >= 11 is 0. The average Bonchev–Trinajstić information content (AvgIpc) is 3.16. The fourth-order valence-corrected chi connectivity index (χ4v) is 3.73. The molecule has 0 amide bonds. The first-order chi connectivity index (χ1) is 15.4. The van der Waals surface area contributed by atoms with Crippen molar-refractivity contribution in [2.45, 2.75) is 58.2 Å². The highest BCUT2D eigenvalue weighted by Gasteiger charge is 2.28. The Balaban J connectivity index is 1.69. The number of aryl methyl sites for hydroxylation is 1. The van der Waals surface area contributed by atoms with E-state index in [2.05, 4.69) is 26.0 Å². The fourth-order valence-electron chi connectivity index (χ4n) is 3.73. The van der Waals surface area contributed by atoms with Gasteiger partial charge < -0.3 is 20.3 Å². The molecule has 1 aliphatic rings. The van der Waals surface area contributed by atoms with Gasteiger partial charge in [-0.3, -0.25) is 0 Å². The minimum atomic E-state index is -4.32. The lowest BCUT2D eigenvalue weighted by atomic mass is 9.84. The van der Waals surface area contributed by atoms with Crippen LogP contribution >= 0.6 is 0 Å². The second kappa shape index (κ2) is 8.20. The number of pyridine rings is 1. The van der Waals surface area contributed by atoms with Crippen molar-refractivity contribution in [1.29, 1.82) is 0 Å². The van der Waals surface area contributed by atoms with Gasteiger partial charge in [-0.05, 0) is 41.7 Å². The summed E-state index contributed by atoms with van der Waals surface area (Å²) in [4.78, 5) is 4.75. The van der Waals surface area contributed by atoms with E-state index < -0.39 is 12.7 Å². The Morgan fingerprint density at radius 1 is 1.15 bits per heavy atom. The molecule has 1 saturated carbocycles. The Hall–Kier alpha value is -3.37. The molecule has 2 heterocycles. The van der Waals surface area contributed by atoms with E-state index in [9.17, 15) is 13.2 Å². The Morgan fingerprint density at radius 2 is 1.88 bits per heavy atom. The molecule has 1 aromatic carbocycles. The quantitative estimate of drug-likeness (QED) is 0.350. The van der Waals surface area contributed by atoms with Crippen molar-refractivity contribution in [3.8, 4) is 11.6 Å². The van der Waals surface area contributed by atoms with Gasteiger partial charge in [-0.25, -0.2) is 4.98 Å². The number of rotatable bonds is 5. The molecule has 0 atom stereocenters. The van der Waals surface area contributed by atoms with Gasteiger partial charge in [-0.2, -0.15) is 13.2 Å². The van der Waals surface area contributed by atoms with E-state index in [-0.39, 0.29) is 23.4 Å². The number of benzene rings is 1. The molecule has 0 bridgehead atoms. The predicted molar refractivity (Wildman–Crippen MR) is 119 cm³/mol. The summed E-state index contributed by atoms with van der Waals surface area (Å²) in [5, 5.41) is 26.4. The van der Waals surface area contributed by atoms with Crippen LogP contribution in [0.5, 0.6) is 0 Å². The maximum absolute atomic E-state index is 12.7. The molecule has 8 nitrogen and oxygen atoms in total. The summed E-state index contributed by atoms with van der Waals surface area (Å²) in [6.45, 7) is 6.70. The number of oxime groups is 1. The highest BCUT2D eigenvalue weighted by molar-refractivity contribution is 5.92. The SMILES string of the molecule is Cc1cc(-c2nnc(NC3CC(=NO)C3)o2)nc2c(C(C)(C)C)cc(NCC(F)(F)F)cc12. The zero-order chi connectivity index (χ0) is 24.0. The molecule has 2 aromatic heterocycles. The first-order valence-electron chi connectivity index (χ1n) is 10.5. The van der Waals surface area contributed by atoms with Gasteiger partial charge in [0.05, 0.1) is 11.2 Å². The minimum absolute atomic E-state index is 0.0608. The first kappa shape index (κ1) is 22.8. The van der Waals surface area contributed by atoms with Gasteiger partial charge in [0.2, 0.25) is 0 Å². The number of hydrogen-bond donors (Lipinski definition) is 3. The van der Waals surface area contributed by atoms with Gasteiger partial charge in [0.25, 0.3) is 5.89 Å². The fraction of sp³-hybridized carbons (Fsp3) is 0.455. The number of nitrogens with one attached hydrogen (secondary N) is 2. The number of nitrogens with zero attached hydrogens (tertiary/aromatic N) is 4. The molecule has 0 aliphatic heterocycles. The van der Waals surface area contributed by atoms with Gasteiger partial charge in [0.1, 0.15) is 12.2 Å². The van der Waals surface area contributed by atoms with E-state index in [4.69, 9.17) is 14.6 Å². The summed E-state index contributed by atoms with van der Waals surface area (Å²) in [5.74, 6) is 0.233. The molecule has 176 valence electrons. The summed E-state index contributed by atoms with van der Waals surface area (Å²) in [7, 11) is 0. The third-order valence-corrected chi connectivity index (χ3v) is 5.50. The van der Waals surface area contributed by atoms with E-state index in [1.54, 1.807) is 18.2 Å². The highest BCUT2D eigenvalue weighted by atomic mass is 19.4. The lowest BCUT2D eigenvalue weighted by molar-refractivity contribution is -0.115. The van der Waals surface area contributed by atoms with Gasteiger partial charge in [0, 0.05) is 30.0 Å². The predicted octanol–water partition coefficient (Wildman–Crippen LogP) is 5.27. The normalized spacial score (nSPS) is 16.6. The number of hydrogen-bond acceptors (Lipinski definition) is 8. The maximum Gasteiger partial charge on any atom is 0.405 e. The summed E-state index contributed by atoms with van der Waals surface area (Å²) in [6.07, 6.45) is -3.12. The maximum atomic E-state index is 12.7. The molecule has 3 N–H and O–H groups in total. The third-order valence-electron chi connectivity index (χ3n) is 5.50. The third kappa shape index (κ3) is 5.01. The monoisotopic (exact) mass is 462 g/mol. The molecule has 1 fully saturated rings. The molecule has 33 heavy (non-hydrogen) atoms. The topological polar surface area (TPSA) is 108 Å². The molecular formula is C22H25F3N6O2. The smallest absolute Gasteiger partial charge is 0.405 e. The van der Waals surface area contributed by atoms with Crippen LogP contribution in [0.3, 0.4) is 0 Å².